The molecule has 0 aliphatic heterocycles. The number of aryl methyl sites for hydroxylation is 1. The maximum Gasteiger partial charge on any atom is 0.309 e. The summed E-state index contributed by atoms with van der Waals surface area (Å²) < 4.78 is 5.80. The van der Waals surface area contributed by atoms with Crippen molar-refractivity contribution in [2.75, 3.05) is 0 Å². The van der Waals surface area contributed by atoms with Gasteiger partial charge in [0.25, 0.3) is 0 Å². The number of hydrogen-bond acceptors (Lipinski definition) is 4. The number of ether oxygens (including phenoxy) is 1. The van der Waals surface area contributed by atoms with E-state index in [0.29, 0.717) is 12.3 Å². The lowest BCUT2D eigenvalue weighted by atomic mass is 10.1. The molecule has 0 radical (unpaired) electrons. The molecule has 0 saturated heterocycles. The Kier molecular flexibility index (Phi) is 4.91. The molecule has 3 rings (SSSR count). The third-order valence-corrected chi connectivity index (χ3v) is 4.42. The van der Waals surface area contributed by atoms with Gasteiger partial charge in [0.2, 0.25) is 0 Å². The lowest BCUT2D eigenvalue weighted by Gasteiger charge is -2.07. The van der Waals surface area contributed by atoms with Crippen LogP contribution in [0.1, 0.15) is 16.8 Å². The van der Waals surface area contributed by atoms with Crippen LogP contribution in [0.4, 0.5) is 0 Å². The minimum Gasteiger partial charge on any atom is -0.489 e. The Bertz CT molecular complexity index is 840. The Labute approximate surface area is 144 Å². The van der Waals surface area contributed by atoms with Crippen LogP contribution in [0.15, 0.2) is 53.9 Å². The van der Waals surface area contributed by atoms with Crippen molar-refractivity contribution >= 4 is 17.3 Å². The first-order valence-electron chi connectivity index (χ1n) is 7.55. The Hall–Kier alpha value is -2.66. The van der Waals surface area contributed by atoms with Crippen LogP contribution in [0.5, 0.6) is 5.75 Å². The van der Waals surface area contributed by atoms with E-state index >= 15 is 0 Å². The summed E-state index contributed by atoms with van der Waals surface area (Å²) in [5, 5.41) is 11.4. The summed E-state index contributed by atoms with van der Waals surface area (Å²) >= 11 is 1.45. The lowest BCUT2D eigenvalue weighted by Crippen LogP contribution is -2.00. The summed E-state index contributed by atoms with van der Waals surface area (Å²) in [6.45, 7) is 2.52. The highest BCUT2D eigenvalue weighted by atomic mass is 32.1. The standard InChI is InChI=1S/C19H17NO3S/c1-13-5-7-17(8-6-13)23-11-14-3-2-4-15(9-14)19-20-16(12-24-19)10-18(21)22/h2-9,12H,10-11H2,1H3,(H,21,22). The molecule has 0 aliphatic carbocycles. The second-order valence-electron chi connectivity index (χ2n) is 5.52. The second kappa shape index (κ2) is 7.27. The van der Waals surface area contributed by atoms with Crippen molar-refractivity contribution in [2.45, 2.75) is 20.0 Å². The van der Waals surface area contributed by atoms with Crippen molar-refractivity contribution in [3.63, 3.8) is 0 Å². The van der Waals surface area contributed by atoms with Crippen molar-refractivity contribution in [3.05, 3.63) is 70.7 Å². The van der Waals surface area contributed by atoms with E-state index in [0.717, 1.165) is 21.9 Å². The number of carboxylic acid groups (broad SMARTS) is 1. The van der Waals surface area contributed by atoms with Crippen LogP contribution in [-0.2, 0) is 17.8 Å². The molecule has 122 valence electrons. The molecule has 1 heterocycles. The molecule has 0 fully saturated rings. The van der Waals surface area contributed by atoms with Gasteiger partial charge in [-0.05, 0) is 30.7 Å². The summed E-state index contributed by atoms with van der Waals surface area (Å²) in [5.41, 5.74) is 3.80. The van der Waals surface area contributed by atoms with Gasteiger partial charge in [-0.15, -0.1) is 11.3 Å². The molecule has 3 aromatic rings. The predicted molar refractivity (Wildman–Crippen MR) is 94.4 cm³/mol. The van der Waals surface area contributed by atoms with Crippen molar-refractivity contribution in [2.24, 2.45) is 0 Å². The van der Waals surface area contributed by atoms with Crippen molar-refractivity contribution < 1.29 is 14.6 Å². The van der Waals surface area contributed by atoms with Gasteiger partial charge in [0, 0.05) is 10.9 Å². The Balaban J connectivity index is 1.70. The highest BCUT2D eigenvalue weighted by Gasteiger charge is 2.08. The minimum atomic E-state index is -0.868. The molecule has 0 amide bonds. The van der Waals surface area contributed by atoms with Crippen LogP contribution >= 0.6 is 11.3 Å². The van der Waals surface area contributed by atoms with Gasteiger partial charge < -0.3 is 9.84 Å². The monoisotopic (exact) mass is 339 g/mol. The van der Waals surface area contributed by atoms with Crippen LogP contribution in [-0.4, -0.2) is 16.1 Å². The number of aliphatic carboxylic acids is 1. The fourth-order valence-electron chi connectivity index (χ4n) is 2.27. The largest absolute Gasteiger partial charge is 0.489 e. The Morgan fingerprint density at radius 3 is 2.75 bits per heavy atom. The topological polar surface area (TPSA) is 59.4 Å². The van der Waals surface area contributed by atoms with Crippen LogP contribution < -0.4 is 4.74 Å². The van der Waals surface area contributed by atoms with E-state index in [9.17, 15) is 4.79 Å². The molecular weight excluding hydrogens is 322 g/mol. The molecule has 0 bridgehead atoms. The average Bonchev–Trinajstić information content (AvgIpc) is 3.02. The van der Waals surface area contributed by atoms with E-state index in [1.165, 1.54) is 16.9 Å². The summed E-state index contributed by atoms with van der Waals surface area (Å²) in [5.74, 6) is -0.0314. The van der Waals surface area contributed by atoms with E-state index < -0.39 is 5.97 Å². The van der Waals surface area contributed by atoms with Crippen molar-refractivity contribution in [1.82, 2.24) is 4.98 Å². The molecule has 1 N–H and O–H groups in total. The van der Waals surface area contributed by atoms with Gasteiger partial charge in [-0.3, -0.25) is 4.79 Å². The molecule has 0 unspecified atom stereocenters. The summed E-state index contributed by atoms with van der Waals surface area (Å²) in [4.78, 5) is 15.1. The number of benzene rings is 2. The van der Waals surface area contributed by atoms with Crippen LogP contribution in [0.3, 0.4) is 0 Å². The number of aromatic nitrogens is 1. The van der Waals surface area contributed by atoms with Crippen molar-refractivity contribution in [1.29, 1.82) is 0 Å². The van der Waals surface area contributed by atoms with Crippen LogP contribution in [0.25, 0.3) is 10.6 Å². The fourth-order valence-corrected chi connectivity index (χ4v) is 3.09. The van der Waals surface area contributed by atoms with Crippen LogP contribution in [0.2, 0.25) is 0 Å². The average molecular weight is 339 g/mol. The molecular formula is C19H17NO3S. The van der Waals surface area contributed by atoms with Gasteiger partial charge >= 0.3 is 5.97 Å². The normalized spacial score (nSPS) is 10.5. The smallest absolute Gasteiger partial charge is 0.309 e. The number of hydrogen-bond donors (Lipinski definition) is 1. The van der Waals surface area contributed by atoms with Gasteiger partial charge in [-0.1, -0.05) is 35.9 Å². The first kappa shape index (κ1) is 16.2. The Morgan fingerprint density at radius 1 is 1.21 bits per heavy atom. The van der Waals surface area contributed by atoms with E-state index in [4.69, 9.17) is 9.84 Å². The molecule has 5 heteroatoms. The van der Waals surface area contributed by atoms with E-state index in [1.807, 2.05) is 55.5 Å². The van der Waals surface area contributed by atoms with Gasteiger partial charge in [0.05, 0.1) is 12.1 Å². The molecule has 0 atom stereocenters. The maximum atomic E-state index is 10.8. The molecule has 1 aromatic heterocycles. The Morgan fingerprint density at radius 2 is 2.00 bits per heavy atom. The van der Waals surface area contributed by atoms with Crippen molar-refractivity contribution in [3.8, 4) is 16.3 Å². The quantitative estimate of drug-likeness (QED) is 0.726. The van der Waals surface area contributed by atoms with E-state index in [-0.39, 0.29) is 6.42 Å². The van der Waals surface area contributed by atoms with Gasteiger partial charge in [-0.25, -0.2) is 4.98 Å². The lowest BCUT2D eigenvalue weighted by molar-refractivity contribution is -0.136. The zero-order valence-electron chi connectivity index (χ0n) is 13.2. The third-order valence-electron chi connectivity index (χ3n) is 3.48. The number of carbonyl (C=O) groups is 1. The van der Waals surface area contributed by atoms with E-state index in [2.05, 4.69) is 4.98 Å². The number of thiazole rings is 1. The van der Waals surface area contributed by atoms with Gasteiger partial charge in [0.15, 0.2) is 0 Å². The maximum absolute atomic E-state index is 10.8. The first-order valence-corrected chi connectivity index (χ1v) is 8.43. The third kappa shape index (κ3) is 4.20. The molecule has 0 spiro atoms. The molecule has 0 aliphatic rings. The molecule has 0 saturated carbocycles. The zero-order valence-corrected chi connectivity index (χ0v) is 14.0. The molecule has 2 aromatic carbocycles. The van der Waals surface area contributed by atoms with Gasteiger partial charge in [-0.2, -0.15) is 0 Å². The number of nitrogens with zero attached hydrogens (tertiary/aromatic N) is 1. The highest BCUT2D eigenvalue weighted by Crippen LogP contribution is 2.25. The molecule has 24 heavy (non-hydrogen) atoms. The first-order chi connectivity index (χ1) is 11.6. The summed E-state index contributed by atoms with van der Waals surface area (Å²) in [7, 11) is 0. The summed E-state index contributed by atoms with van der Waals surface area (Å²) in [6, 6.07) is 15.9. The highest BCUT2D eigenvalue weighted by molar-refractivity contribution is 7.13. The number of rotatable bonds is 6. The second-order valence-corrected chi connectivity index (χ2v) is 6.37. The van der Waals surface area contributed by atoms with Crippen LogP contribution in [0, 0.1) is 6.92 Å². The fraction of sp³-hybridized carbons (Fsp3) is 0.158. The zero-order chi connectivity index (χ0) is 16.9. The predicted octanol–water partition coefficient (Wildman–Crippen LogP) is 4.32. The summed E-state index contributed by atoms with van der Waals surface area (Å²) in [6.07, 6.45) is -0.0489. The minimum absolute atomic E-state index is 0.0489. The number of carboxylic acids is 1. The molecule has 4 nitrogen and oxygen atoms in total. The SMILES string of the molecule is Cc1ccc(OCc2cccc(-c3nc(CC(=O)O)cs3)c2)cc1. The van der Waals surface area contributed by atoms with E-state index in [1.54, 1.807) is 5.38 Å². The van der Waals surface area contributed by atoms with Gasteiger partial charge in [0.1, 0.15) is 17.4 Å².